The van der Waals surface area contributed by atoms with Gasteiger partial charge < -0.3 is 4.42 Å². The number of oxazole rings is 1. The highest BCUT2D eigenvalue weighted by molar-refractivity contribution is 7.14. The van der Waals surface area contributed by atoms with E-state index in [2.05, 4.69) is 20.3 Å². The molecule has 0 aliphatic heterocycles. The van der Waals surface area contributed by atoms with E-state index >= 15 is 0 Å². The van der Waals surface area contributed by atoms with Gasteiger partial charge in [0.25, 0.3) is 5.91 Å². The smallest absolute Gasteiger partial charge is 0.408 e. The van der Waals surface area contributed by atoms with Crippen LogP contribution in [0.2, 0.25) is 0 Å². The van der Waals surface area contributed by atoms with Gasteiger partial charge in [0, 0.05) is 28.9 Å². The van der Waals surface area contributed by atoms with Crippen molar-refractivity contribution in [1.82, 2.24) is 15.0 Å². The van der Waals surface area contributed by atoms with Crippen LogP contribution in [0.25, 0.3) is 22.4 Å². The van der Waals surface area contributed by atoms with Crippen LogP contribution < -0.4 is 11.1 Å². The van der Waals surface area contributed by atoms with Gasteiger partial charge in [-0.25, -0.2) is 9.78 Å². The third-order valence-electron chi connectivity index (χ3n) is 3.38. The number of nitrogens with one attached hydrogen (secondary N) is 2. The molecule has 0 spiro atoms. The molecule has 3 heterocycles. The first-order valence-electron chi connectivity index (χ1n) is 6.99. The lowest BCUT2D eigenvalue weighted by Crippen LogP contribution is -2.11. The summed E-state index contributed by atoms with van der Waals surface area (Å²) in [4.78, 5) is 34.2. The van der Waals surface area contributed by atoms with Crippen molar-refractivity contribution in [1.29, 1.82) is 0 Å². The van der Waals surface area contributed by atoms with Crippen molar-refractivity contribution in [3.8, 4) is 11.3 Å². The maximum absolute atomic E-state index is 12.1. The van der Waals surface area contributed by atoms with Gasteiger partial charge in [0.05, 0.1) is 11.2 Å². The number of carbonyl (C=O) groups excluding carboxylic acids is 1. The van der Waals surface area contributed by atoms with E-state index in [0.29, 0.717) is 27.5 Å². The number of hydrogen-bond acceptors (Lipinski definition) is 6. The van der Waals surface area contributed by atoms with Crippen molar-refractivity contribution in [2.45, 2.75) is 0 Å². The number of H-pyrrole nitrogens is 1. The van der Waals surface area contributed by atoms with Gasteiger partial charge in [-0.2, -0.15) is 0 Å². The van der Waals surface area contributed by atoms with E-state index in [4.69, 9.17) is 4.42 Å². The second kappa shape index (κ2) is 5.74. The van der Waals surface area contributed by atoms with Gasteiger partial charge in [-0.1, -0.05) is 6.07 Å². The number of carbonyl (C=O) groups is 1. The van der Waals surface area contributed by atoms with E-state index in [1.54, 1.807) is 36.7 Å². The van der Waals surface area contributed by atoms with Crippen molar-refractivity contribution >= 4 is 33.5 Å². The van der Waals surface area contributed by atoms with E-state index in [-0.39, 0.29) is 5.91 Å². The topological polar surface area (TPSA) is 101 Å². The summed E-state index contributed by atoms with van der Waals surface area (Å²) >= 11 is 1.32. The van der Waals surface area contributed by atoms with Gasteiger partial charge in [0.2, 0.25) is 0 Å². The molecule has 0 saturated carbocycles. The molecule has 0 fully saturated rings. The molecule has 0 atom stereocenters. The lowest BCUT2D eigenvalue weighted by molar-refractivity contribution is 0.102. The van der Waals surface area contributed by atoms with Crippen LogP contribution >= 0.6 is 11.3 Å². The highest BCUT2D eigenvalue weighted by Crippen LogP contribution is 2.27. The molecule has 0 aliphatic rings. The molecular weight excluding hydrogens is 328 g/mol. The predicted octanol–water partition coefficient (Wildman–Crippen LogP) is 2.89. The quantitative estimate of drug-likeness (QED) is 0.598. The summed E-state index contributed by atoms with van der Waals surface area (Å²) in [7, 11) is 0. The highest BCUT2D eigenvalue weighted by atomic mass is 32.1. The molecule has 1 amide bonds. The average molecular weight is 338 g/mol. The SMILES string of the molecule is O=C(Nc1nc(-c2ccc3[nH]c(=O)oc3c2)cs1)c1ccncc1. The summed E-state index contributed by atoms with van der Waals surface area (Å²) in [6, 6.07) is 8.58. The van der Waals surface area contributed by atoms with Crippen LogP contribution in [0.4, 0.5) is 5.13 Å². The van der Waals surface area contributed by atoms with Crippen LogP contribution in [0.1, 0.15) is 10.4 Å². The zero-order valence-corrected chi connectivity index (χ0v) is 13.0. The van der Waals surface area contributed by atoms with Gasteiger partial charge >= 0.3 is 5.76 Å². The van der Waals surface area contributed by atoms with Crippen LogP contribution in [0, 0.1) is 0 Å². The summed E-state index contributed by atoms with van der Waals surface area (Å²) in [5.41, 5.74) is 3.09. The number of thiazole rings is 1. The van der Waals surface area contributed by atoms with Gasteiger partial charge in [-0.15, -0.1) is 11.3 Å². The number of hydrogen-bond donors (Lipinski definition) is 2. The molecule has 0 saturated heterocycles. The van der Waals surface area contributed by atoms with Crippen LogP contribution in [-0.4, -0.2) is 20.9 Å². The molecule has 4 aromatic rings. The fraction of sp³-hybridized carbons (Fsp3) is 0. The molecule has 0 bridgehead atoms. The molecular formula is C16H10N4O3S. The number of amides is 1. The van der Waals surface area contributed by atoms with E-state index in [0.717, 1.165) is 5.56 Å². The summed E-state index contributed by atoms with van der Waals surface area (Å²) in [6.45, 7) is 0. The molecule has 24 heavy (non-hydrogen) atoms. The van der Waals surface area contributed by atoms with E-state index in [9.17, 15) is 9.59 Å². The fourth-order valence-electron chi connectivity index (χ4n) is 2.24. The number of pyridine rings is 1. The Labute approximate surface area is 139 Å². The fourth-order valence-corrected chi connectivity index (χ4v) is 2.96. The van der Waals surface area contributed by atoms with Crippen molar-refractivity contribution in [2.75, 3.05) is 5.32 Å². The minimum absolute atomic E-state index is 0.245. The summed E-state index contributed by atoms with van der Waals surface area (Å²) < 4.78 is 5.05. The van der Waals surface area contributed by atoms with E-state index in [1.807, 2.05) is 11.4 Å². The molecule has 118 valence electrons. The standard InChI is InChI=1S/C16H10N4O3S/c21-14(9-3-5-17-6-4-9)20-15-18-12(8-24-15)10-1-2-11-13(7-10)23-16(22)19-11/h1-8H,(H,19,22)(H,18,20,21). The number of aromatic nitrogens is 3. The second-order valence-corrected chi connectivity index (χ2v) is 5.81. The highest BCUT2D eigenvalue weighted by Gasteiger charge is 2.11. The number of fused-ring (bicyclic) bond motifs is 1. The monoisotopic (exact) mass is 338 g/mol. The van der Waals surface area contributed by atoms with Crippen molar-refractivity contribution in [3.63, 3.8) is 0 Å². The normalized spacial score (nSPS) is 10.8. The zero-order chi connectivity index (χ0) is 16.5. The van der Waals surface area contributed by atoms with Gasteiger partial charge in [-0.05, 0) is 24.3 Å². The molecule has 0 aliphatic carbocycles. The Hall–Kier alpha value is -3.26. The average Bonchev–Trinajstić information content (AvgIpc) is 3.20. The van der Waals surface area contributed by atoms with Gasteiger partial charge in [0.1, 0.15) is 0 Å². The maximum Gasteiger partial charge on any atom is 0.417 e. The third-order valence-corrected chi connectivity index (χ3v) is 4.14. The Morgan fingerprint density at radius 3 is 2.88 bits per heavy atom. The second-order valence-electron chi connectivity index (χ2n) is 4.95. The van der Waals surface area contributed by atoms with Crippen LogP contribution in [0.3, 0.4) is 0 Å². The van der Waals surface area contributed by atoms with E-state index in [1.165, 1.54) is 11.3 Å². The van der Waals surface area contributed by atoms with Crippen molar-refractivity contribution in [3.05, 3.63) is 64.2 Å². The number of aromatic amines is 1. The van der Waals surface area contributed by atoms with Crippen molar-refractivity contribution < 1.29 is 9.21 Å². The molecule has 0 unspecified atom stereocenters. The minimum atomic E-state index is -0.495. The van der Waals surface area contributed by atoms with Crippen LogP contribution in [-0.2, 0) is 0 Å². The molecule has 3 aromatic heterocycles. The summed E-state index contributed by atoms with van der Waals surface area (Å²) in [6.07, 6.45) is 3.12. The lowest BCUT2D eigenvalue weighted by Gasteiger charge is -2.00. The number of anilines is 1. The largest absolute Gasteiger partial charge is 0.417 e. The lowest BCUT2D eigenvalue weighted by atomic mass is 10.1. The molecule has 1 aromatic carbocycles. The number of nitrogens with zero attached hydrogens (tertiary/aromatic N) is 2. The maximum atomic E-state index is 12.1. The molecule has 0 radical (unpaired) electrons. The third kappa shape index (κ3) is 2.70. The van der Waals surface area contributed by atoms with E-state index < -0.39 is 5.76 Å². The number of benzene rings is 1. The Balaban J connectivity index is 1.59. The molecule has 8 heteroatoms. The van der Waals surface area contributed by atoms with Gasteiger partial charge in [0.15, 0.2) is 10.7 Å². The molecule has 4 rings (SSSR count). The van der Waals surface area contributed by atoms with Crippen LogP contribution in [0.15, 0.2) is 57.3 Å². The first kappa shape index (κ1) is 14.3. The van der Waals surface area contributed by atoms with Crippen molar-refractivity contribution in [2.24, 2.45) is 0 Å². The Kier molecular flexibility index (Phi) is 3.43. The van der Waals surface area contributed by atoms with Gasteiger partial charge in [-0.3, -0.25) is 20.1 Å². The molecule has 7 nitrogen and oxygen atoms in total. The predicted molar refractivity (Wildman–Crippen MR) is 90.1 cm³/mol. The summed E-state index contributed by atoms with van der Waals surface area (Å²) in [5, 5.41) is 5.07. The zero-order valence-electron chi connectivity index (χ0n) is 12.1. The minimum Gasteiger partial charge on any atom is -0.408 e. The Bertz CT molecular complexity index is 1080. The summed E-state index contributed by atoms with van der Waals surface area (Å²) in [5.74, 6) is -0.740. The number of rotatable bonds is 3. The molecule has 2 N–H and O–H groups in total. The Morgan fingerprint density at radius 1 is 1.21 bits per heavy atom. The first-order valence-corrected chi connectivity index (χ1v) is 7.87. The van der Waals surface area contributed by atoms with Crippen LogP contribution in [0.5, 0.6) is 0 Å². The first-order chi connectivity index (χ1) is 11.7. The Morgan fingerprint density at radius 2 is 2.04 bits per heavy atom.